The molecule has 0 nitrogen and oxygen atoms in total. The van der Waals surface area contributed by atoms with E-state index in [9.17, 15) is 0 Å². The molecule has 0 atom stereocenters. The van der Waals surface area contributed by atoms with Gasteiger partial charge in [0.15, 0.2) is 0 Å². The normalized spacial score (nSPS) is 12.7. The van der Waals surface area contributed by atoms with Crippen LogP contribution in [0.1, 0.15) is 45.1 Å². The van der Waals surface area contributed by atoms with Crippen LogP contribution in [-0.2, 0) is 4.47 Å². The molecule has 0 saturated heterocycles. The van der Waals surface area contributed by atoms with Crippen LogP contribution < -0.4 is 0 Å². The first-order chi connectivity index (χ1) is 8.59. The zero-order valence-electron chi connectivity index (χ0n) is 11.4. The van der Waals surface area contributed by atoms with E-state index in [2.05, 4.69) is 38.7 Å². The van der Waals surface area contributed by atoms with Crippen molar-refractivity contribution < 1.29 is 0 Å². The van der Waals surface area contributed by atoms with Crippen LogP contribution in [0.25, 0.3) is 0 Å². The summed E-state index contributed by atoms with van der Waals surface area (Å²) in [7, 11) is 0. The van der Waals surface area contributed by atoms with E-state index >= 15 is 0 Å². The maximum absolute atomic E-state index is 5.95. The second kappa shape index (κ2) is 8.85. The van der Waals surface area contributed by atoms with Crippen LogP contribution in [0, 0.1) is 0 Å². The third-order valence-corrected chi connectivity index (χ3v) is 17.4. The van der Waals surface area contributed by atoms with Crippen LogP contribution in [-0.4, -0.2) is 16.0 Å². The molecule has 104 valence electrons. The second-order valence-corrected chi connectivity index (χ2v) is 23.0. The summed E-state index contributed by atoms with van der Waals surface area (Å²) in [5.74, 6) is 0. The molecule has 0 saturated carbocycles. The molecule has 0 bridgehead atoms. The minimum absolute atomic E-state index is 0.842. The summed E-state index contributed by atoms with van der Waals surface area (Å²) >= 11 is 8.30. The van der Waals surface area contributed by atoms with E-state index in [1.54, 1.807) is 0 Å². The summed E-state index contributed by atoms with van der Waals surface area (Å²) in [6.45, 7) is 4.58. The molecule has 0 N–H and O–H groups in total. The molecule has 0 spiro atoms. The van der Waals surface area contributed by atoms with E-state index in [1.165, 1.54) is 44.7 Å². The summed E-state index contributed by atoms with van der Waals surface area (Å²) in [6, 6.07) is 8.43. The Morgan fingerprint density at radius 3 is 1.94 bits per heavy atom. The van der Waals surface area contributed by atoms with Crippen LogP contribution in [0.15, 0.2) is 24.3 Å². The molecule has 0 aliphatic heterocycles. The molecule has 0 amide bonds. The predicted molar refractivity (Wildman–Crippen MR) is 89.3 cm³/mol. The molecule has 1 rings (SSSR count). The summed E-state index contributed by atoms with van der Waals surface area (Å²) in [4.78, 5) is 0. The average molecular weight is 447 g/mol. The van der Waals surface area contributed by atoms with Crippen molar-refractivity contribution in [1.29, 1.82) is 0 Å². The van der Waals surface area contributed by atoms with E-state index in [-0.39, 0.29) is 0 Å². The van der Waals surface area contributed by atoms with Crippen molar-refractivity contribution in [2.24, 2.45) is 0 Å². The Balaban J connectivity index is 2.67. The van der Waals surface area contributed by atoms with Gasteiger partial charge in [-0.1, -0.05) is 0 Å². The minimum atomic E-state index is -1.85. The van der Waals surface area contributed by atoms with Crippen molar-refractivity contribution in [3.05, 3.63) is 34.9 Å². The summed E-state index contributed by atoms with van der Waals surface area (Å²) in [5, 5.41) is 0.842. The third kappa shape index (κ3) is 6.29. The molecule has 0 radical (unpaired) electrons. The van der Waals surface area contributed by atoms with Gasteiger partial charge in [0.2, 0.25) is 0 Å². The first kappa shape index (κ1) is 16.8. The van der Waals surface area contributed by atoms with Crippen molar-refractivity contribution in [1.82, 2.24) is 0 Å². The molecule has 1 aromatic rings. The molecule has 0 fully saturated rings. The summed E-state index contributed by atoms with van der Waals surface area (Å²) < 4.78 is 4.18. The Hall–Kier alpha value is 0.780. The Labute approximate surface area is 127 Å². The van der Waals surface area contributed by atoms with Gasteiger partial charge in [0.1, 0.15) is 0 Å². The number of unbranched alkanes of at least 4 members (excludes halogenated alkanes) is 2. The van der Waals surface area contributed by atoms with Crippen molar-refractivity contribution in [2.45, 2.75) is 52.9 Å². The fourth-order valence-electron chi connectivity index (χ4n) is 1.93. The van der Waals surface area contributed by atoms with Gasteiger partial charge in [-0.15, -0.1) is 0 Å². The van der Waals surface area contributed by atoms with Gasteiger partial charge in [0.25, 0.3) is 0 Å². The number of halogens is 2. The number of hydrogen-bond acceptors (Lipinski definition) is 0. The second-order valence-electron chi connectivity index (χ2n) is 4.83. The van der Waals surface area contributed by atoms with Crippen LogP contribution >= 0.6 is 24.4 Å². The number of rotatable bonds is 8. The van der Waals surface area contributed by atoms with Crippen molar-refractivity contribution in [3.8, 4) is 0 Å². The quantitative estimate of drug-likeness (QED) is 0.407. The molecule has 0 unspecified atom stereocenters. The molecule has 0 heterocycles. The van der Waals surface area contributed by atoms with E-state index in [0.29, 0.717) is 0 Å². The third-order valence-electron chi connectivity index (χ3n) is 3.07. The first-order valence-electron chi connectivity index (χ1n) is 6.80. The Kier molecular flexibility index (Phi) is 8.28. The molecular formula is C15H24BrClTe. The van der Waals surface area contributed by atoms with E-state index < -0.39 is 16.0 Å². The standard InChI is InChI=1S/C15H24BrClTe/c1-3-5-11-18(16,12-6-4-2)13-14-7-9-15(17)10-8-14/h7-10H,3-6,11-13H2,1-2H3. The Morgan fingerprint density at radius 2 is 1.50 bits per heavy atom. The van der Waals surface area contributed by atoms with Gasteiger partial charge in [-0.05, 0) is 0 Å². The van der Waals surface area contributed by atoms with Gasteiger partial charge in [0.05, 0.1) is 0 Å². The van der Waals surface area contributed by atoms with Gasteiger partial charge in [-0.3, -0.25) is 0 Å². The molecule has 1 aromatic carbocycles. The van der Waals surface area contributed by atoms with Crippen LogP contribution in [0.4, 0.5) is 0 Å². The number of benzene rings is 1. The molecule has 3 heteroatoms. The molecular weight excluding hydrogens is 423 g/mol. The Bertz CT molecular complexity index is 329. The van der Waals surface area contributed by atoms with Crippen molar-refractivity contribution >= 4 is 40.3 Å². The molecule has 0 aliphatic carbocycles. The van der Waals surface area contributed by atoms with E-state index in [1.807, 2.05) is 12.1 Å². The SMILES string of the molecule is CCCC[Te](Br)(CCCC)Cc1ccc(Cl)cc1. The number of hydrogen-bond donors (Lipinski definition) is 0. The zero-order valence-corrected chi connectivity index (χ0v) is 16.1. The average Bonchev–Trinajstić information content (AvgIpc) is 2.37. The van der Waals surface area contributed by atoms with E-state index in [0.717, 1.165) is 5.02 Å². The molecule has 18 heavy (non-hydrogen) atoms. The van der Waals surface area contributed by atoms with Gasteiger partial charge in [0, 0.05) is 0 Å². The topological polar surface area (TPSA) is 0 Å². The van der Waals surface area contributed by atoms with Crippen molar-refractivity contribution in [2.75, 3.05) is 0 Å². The van der Waals surface area contributed by atoms with Crippen LogP contribution in [0.2, 0.25) is 14.0 Å². The fourth-order valence-corrected chi connectivity index (χ4v) is 15.2. The van der Waals surface area contributed by atoms with Crippen molar-refractivity contribution in [3.63, 3.8) is 0 Å². The van der Waals surface area contributed by atoms with Gasteiger partial charge in [-0.2, -0.15) is 0 Å². The summed E-state index contributed by atoms with van der Waals surface area (Å²) in [6.07, 6.45) is 5.38. The van der Waals surface area contributed by atoms with Gasteiger partial charge >= 0.3 is 128 Å². The molecule has 0 aliphatic rings. The fraction of sp³-hybridized carbons (Fsp3) is 0.600. The maximum atomic E-state index is 5.95. The van der Waals surface area contributed by atoms with Gasteiger partial charge < -0.3 is 0 Å². The van der Waals surface area contributed by atoms with Crippen LogP contribution in [0.5, 0.6) is 0 Å². The zero-order chi connectivity index (χ0) is 13.4. The summed E-state index contributed by atoms with van der Waals surface area (Å²) in [5.41, 5.74) is 1.46. The Morgan fingerprint density at radius 1 is 1.00 bits per heavy atom. The van der Waals surface area contributed by atoms with Gasteiger partial charge in [-0.25, -0.2) is 0 Å². The van der Waals surface area contributed by atoms with E-state index in [4.69, 9.17) is 11.6 Å². The molecule has 0 aromatic heterocycles. The first-order valence-corrected chi connectivity index (χ1v) is 17.3. The predicted octanol–water partition coefficient (Wildman–Crippen LogP) is 6.36. The van der Waals surface area contributed by atoms with Crippen LogP contribution in [0.3, 0.4) is 0 Å². The monoisotopic (exact) mass is 448 g/mol.